The van der Waals surface area contributed by atoms with Crippen molar-refractivity contribution >= 4 is 11.7 Å². The topological polar surface area (TPSA) is 61.0 Å². The molecule has 0 aliphatic carbocycles. The molecule has 1 aliphatic heterocycles. The predicted molar refractivity (Wildman–Crippen MR) is 86.4 cm³/mol. The van der Waals surface area contributed by atoms with Crippen molar-refractivity contribution < 1.29 is 4.79 Å². The van der Waals surface area contributed by atoms with Gasteiger partial charge in [0.15, 0.2) is 0 Å². The van der Waals surface area contributed by atoms with Crippen LogP contribution in [0.1, 0.15) is 24.0 Å². The van der Waals surface area contributed by atoms with E-state index in [4.69, 9.17) is 0 Å². The highest BCUT2D eigenvalue weighted by Crippen LogP contribution is 2.20. The molecule has 5 heteroatoms. The average molecular weight is 298 g/mol. The Hall–Kier alpha value is -2.14. The standard InChI is InChI=1S/C17H22N4O/c1-13-4-2-7-19-16(13)20-17(22)15-5-3-9-21(12-15)11-14-6-8-18-10-14/h2,4,6-8,10,15,18H,3,5,9,11-12H2,1H3,(H,19,20,22). The van der Waals surface area contributed by atoms with Crippen LogP contribution in [0.2, 0.25) is 0 Å². The van der Waals surface area contributed by atoms with Gasteiger partial charge in [0.2, 0.25) is 5.91 Å². The third-order valence-corrected chi connectivity index (χ3v) is 4.20. The number of carbonyl (C=O) groups excluding carboxylic acids is 1. The summed E-state index contributed by atoms with van der Waals surface area (Å²) in [5.41, 5.74) is 2.26. The molecule has 1 atom stereocenters. The zero-order valence-electron chi connectivity index (χ0n) is 12.9. The lowest BCUT2D eigenvalue weighted by Gasteiger charge is -2.31. The van der Waals surface area contributed by atoms with Crippen LogP contribution in [0.5, 0.6) is 0 Å². The van der Waals surface area contributed by atoms with Crippen LogP contribution in [0, 0.1) is 12.8 Å². The van der Waals surface area contributed by atoms with Gasteiger partial charge in [0.05, 0.1) is 5.92 Å². The molecule has 22 heavy (non-hydrogen) atoms. The van der Waals surface area contributed by atoms with Crippen LogP contribution < -0.4 is 5.32 Å². The third kappa shape index (κ3) is 3.54. The highest BCUT2D eigenvalue weighted by Gasteiger charge is 2.26. The largest absolute Gasteiger partial charge is 0.367 e. The Balaban J connectivity index is 1.59. The molecular weight excluding hydrogens is 276 g/mol. The summed E-state index contributed by atoms with van der Waals surface area (Å²) >= 11 is 0. The third-order valence-electron chi connectivity index (χ3n) is 4.20. The minimum absolute atomic E-state index is 0.0362. The van der Waals surface area contributed by atoms with Crippen LogP contribution >= 0.6 is 0 Å². The Morgan fingerprint density at radius 2 is 2.41 bits per heavy atom. The molecule has 1 aliphatic rings. The zero-order valence-corrected chi connectivity index (χ0v) is 12.9. The molecule has 2 aromatic heterocycles. The maximum atomic E-state index is 12.5. The van der Waals surface area contributed by atoms with E-state index in [-0.39, 0.29) is 11.8 Å². The number of hydrogen-bond donors (Lipinski definition) is 2. The monoisotopic (exact) mass is 298 g/mol. The average Bonchev–Trinajstić information content (AvgIpc) is 3.03. The van der Waals surface area contributed by atoms with E-state index in [1.54, 1.807) is 6.20 Å². The first-order chi connectivity index (χ1) is 10.7. The number of pyridine rings is 1. The zero-order chi connectivity index (χ0) is 15.4. The van der Waals surface area contributed by atoms with Gasteiger partial charge in [-0.1, -0.05) is 6.07 Å². The molecule has 3 rings (SSSR count). The summed E-state index contributed by atoms with van der Waals surface area (Å²) in [6.07, 6.45) is 7.67. The molecule has 3 heterocycles. The number of carbonyl (C=O) groups is 1. The number of likely N-dealkylation sites (tertiary alicyclic amines) is 1. The summed E-state index contributed by atoms with van der Waals surface area (Å²) in [5.74, 6) is 0.796. The molecule has 0 spiro atoms. The van der Waals surface area contributed by atoms with Crippen molar-refractivity contribution in [3.63, 3.8) is 0 Å². The number of aromatic nitrogens is 2. The lowest BCUT2D eigenvalue weighted by Crippen LogP contribution is -2.40. The highest BCUT2D eigenvalue weighted by atomic mass is 16.2. The molecule has 2 N–H and O–H groups in total. The van der Waals surface area contributed by atoms with E-state index in [1.165, 1.54) is 5.56 Å². The summed E-state index contributed by atoms with van der Waals surface area (Å²) in [6.45, 7) is 4.72. The summed E-state index contributed by atoms with van der Waals surface area (Å²) in [6, 6.07) is 5.92. The minimum atomic E-state index is 0.0362. The molecule has 0 saturated carbocycles. The number of piperidine rings is 1. The fraction of sp³-hybridized carbons (Fsp3) is 0.412. The number of hydrogen-bond acceptors (Lipinski definition) is 3. The Kier molecular flexibility index (Phi) is 4.53. The number of aromatic amines is 1. The molecule has 2 aromatic rings. The van der Waals surface area contributed by atoms with Crippen molar-refractivity contribution in [2.24, 2.45) is 5.92 Å². The van der Waals surface area contributed by atoms with Gasteiger partial charge < -0.3 is 10.3 Å². The van der Waals surface area contributed by atoms with Gasteiger partial charge in [0.1, 0.15) is 5.82 Å². The Bertz CT molecular complexity index is 623. The molecule has 1 fully saturated rings. The van der Waals surface area contributed by atoms with Crippen molar-refractivity contribution in [1.29, 1.82) is 0 Å². The van der Waals surface area contributed by atoms with Gasteiger partial charge in [0.25, 0.3) is 0 Å². The van der Waals surface area contributed by atoms with Crippen molar-refractivity contribution in [2.45, 2.75) is 26.3 Å². The molecule has 5 nitrogen and oxygen atoms in total. The SMILES string of the molecule is Cc1cccnc1NC(=O)C1CCCN(Cc2cc[nH]c2)C1. The van der Waals surface area contributed by atoms with Crippen LogP contribution in [-0.2, 0) is 11.3 Å². The van der Waals surface area contributed by atoms with Crippen LogP contribution in [0.3, 0.4) is 0 Å². The fourth-order valence-corrected chi connectivity index (χ4v) is 2.96. The number of amides is 1. The van der Waals surface area contributed by atoms with Crippen LogP contribution in [0.4, 0.5) is 5.82 Å². The van der Waals surface area contributed by atoms with Gasteiger partial charge in [-0.25, -0.2) is 4.98 Å². The first kappa shape index (κ1) is 14.8. The smallest absolute Gasteiger partial charge is 0.229 e. The van der Waals surface area contributed by atoms with E-state index in [2.05, 4.69) is 26.3 Å². The highest BCUT2D eigenvalue weighted by molar-refractivity contribution is 5.92. The van der Waals surface area contributed by atoms with E-state index in [0.29, 0.717) is 5.82 Å². The van der Waals surface area contributed by atoms with Gasteiger partial charge in [-0.05, 0) is 49.6 Å². The summed E-state index contributed by atoms with van der Waals surface area (Å²) in [5, 5.41) is 2.98. The molecule has 0 bridgehead atoms. The lowest BCUT2D eigenvalue weighted by molar-refractivity contribution is -0.121. The quantitative estimate of drug-likeness (QED) is 0.912. The normalized spacial score (nSPS) is 19.0. The van der Waals surface area contributed by atoms with Crippen LogP contribution in [0.25, 0.3) is 0 Å². The van der Waals surface area contributed by atoms with Gasteiger partial charge in [0, 0.05) is 31.7 Å². The molecular formula is C17H22N4O. The molecule has 1 unspecified atom stereocenters. The van der Waals surface area contributed by atoms with Crippen LogP contribution in [0.15, 0.2) is 36.8 Å². The minimum Gasteiger partial charge on any atom is -0.367 e. The first-order valence-corrected chi connectivity index (χ1v) is 7.79. The number of nitrogens with zero attached hydrogens (tertiary/aromatic N) is 2. The second kappa shape index (κ2) is 6.75. The number of anilines is 1. The van der Waals surface area contributed by atoms with Gasteiger partial charge in [-0.2, -0.15) is 0 Å². The number of rotatable bonds is 4. The fourth-order valence-electron chi connectivity index (χ4n) is 2.96. The van der Waals surface area contributed by atoms with Crippen LogP contribution in [-0.4, -0.2) is 33.9 Å². The summed E-state index contributed by atoms with van der Waals surface area (Å²) in [7, 11) is 0. The van der Waals surface area contributed by atoms with E-state index in [1.807, 2.05) is 31.5 Å². The number of H-pyrrole nitrogens is 1. The van der Waals surface area contributed by atoms with Crippen molar-refractivity contribution in [3.05, 3.63) is 47.9 Å². The van der Waals surface area contributed by atoms with Crippen molar-refractivity contribution in [1.82, 2.24) is 14.9 Å². The van der Waals surface area contributed by atoms with Crippen molar-refractivity contribution in [3.8, 4) is 0 Å². The lowest BCUT2D eigenvalue weighted by atomic mass is 9.96. The number of aryl methyl sites for hydroxylation is 1. The van der Waals surface area contributed by atoms with Gasteiger partial charge in [-0.3, -0.25) is 9.69 Å². The Morgan fingerprint density at radius 1 is 1.50 bits per heavy atom. The maximum absolute atomic E-state index is 12.5. The van der Waals surface area contributed by atoms with Crippen molar-refractivity contribution in [2.75, 3.05) is 18.4 Å². The Morgan fingerprint density at radius 3 is 3.18 bits per heavy atom. The molecule has 0 radical (unpaired) electrons. The number of nitrogens with one attached hydrogen (secondary N) is 2. The van der Waals surface area contributed by atoms with E-state index >= 15 is 0 Å². The Labute approximate surface area is 130 Å². The predicted octanol–water partition coefficient (Wildman–Crippen LogP) is 2.57. The summed E-state index contributed by atoms with van der Waals surface area (Å²) < 4.78 is 0. The van der Waals surface area contributed by atoms with E-state index in [9.17, 15) is 4.79 Å². The molecule has 1 amide bonds. The first-order valence-electron chi connectivity index (χ1n) is 7.79. The van der Waals surface area contributed by atoms with Gasteiger partial charge in [-0.15, -0.1) is 0 Å². The van der Waals surface area contributed by atoms with E-state index in [0.717, 1.165) is 38.0 Å². The molecule has 1 saturated heterocycles. The second-order valence-corrected chi connectivity index (χ2v) is 5.95. The second-order valence-electron chi connectivity index (χ2n) is 5.95. The maximum Gasteiger partial charge on any atom is 0.229 e. The van der Waals surface area contributed by atoms with E-state index < -0.39 is 0 Å². The summed E-state index contributed by atoms with van der Waals surface area (Å²) in [4.78, 5) is 22.2. The molecule has 0 aromatic carbocycles. The van der Waals surface area contributed by atoms with Gasteiger partial charge >= 0.3 is 0 Å². The molecule has 116 valence electrons.